The van der Waals surface area contributed by atoms with Crippen molar-refractivity contribution in [3.63, 3.8) is 0 Å². The summed E-state index contributed by atoms with van der Waals surface area (Å²) >= 11 is 0. The number of fused-ring (bicyclic) bond motifs is 2. The quantitative estimate of drug-likeness (QED) is 0.348. The SMILES string of the molecule is O.c1ccc(Oc2cc3cccccc-3c2Oc2cccc3ccccc23)cc1. The summed E-state index contributed by atoms with van der Waals surface area (Å²) in [4.78, 5) is 0. The van der Waals surface area contributed by atoms with Crippen LogP contribution in [0.2, 0.25) is 0 Å². The Kier molecular flexibility index (Phi) is 5.14. The third kappa shape index (κ3) is 3.64. The predicted molar refractivity (Wildman–Crippen MR) is 117 cm³/mol. The van der Waals surface area contributed by atoms with E-state index in [0.29, 0.717) is 5.75 Å². The zero-order valence-corrected chi connectivity index (χ0v) is 15.7. The van der Waals surface area contributed by atoms with Gasteiger partial charge >= 0.3 is 0 Å². The summed E-state index contributed by atoms with van der Waals surface area (Å²) in [5, 5.41) is 2.22. The van der Waals surface area contributed by atoms with Crippen LogP contribution in [-0.2, 0) is 0 Å². The van der Waals surface area contributed by atoms with Crippen LogP contribution in [0, 0.1) is 0 Å². The molecular weight excluding hydrogens is 360 g/mol. The Bertz CT molecular complexity index is 1210. The monoisotopic (exact) mass is 380 g/mol. The van der Waals surface area contributed by atoms with E-state index < -0.39 is 0 Å². The summed E-state index contributed by atoms with van der Waals surface area (Å²) in [6.45, 7) is 0. The Morgan fingerprint density at radius 3 is 2.07 bits per heavy atom. The Labute approximate surface area is 169 Å². The van der Waals surface area contributed by atoms with Crippen molar-refractivity contribution in [1.82, 2.24) is 0 Å². The molecule has 2 aliphatic rings. The van der Waals surface area contributed by atoms with Crippen LogP contribution in [0.25, 0.3) is 21.9 Å². The summed E-state index contributed by atoms with van der Waals surface area (Å²) in [7, 11) is 0. The van der Waals surface area contributed by atoms with Gasteiger partial charge in [-0.15, -0.1) is 0 Å². The van der Waals surface area contributed by atoms with E-state index in [2.05, 4.69) is 30.3 Å². The van der Waals surface area contributed by atoms with E-state index >= 15 is 0 Å². The largest absolute Gasteiger partial charge is 0.453 e. The molecule has 0 bridgehead atoms. The van der Waals surface area contributed by atoms with Gasteiger partial charge < -0.3 is 14.9 Å². The molecule has 3 nitrogen and oxygen atoms in total. The number of hydrogen-bond donors (Lipinski definition) is 0. The molecule has 2 aliphatic carbocycles. The average molecular weight is 380 g/mol. The van der Waals surface area contributed by atoms with Gasteiger partial charge in [0.2, 0.25) is 0 Å². The molecule has 0 radical (unpaired) electrons. The number of para-hydroxylation sites is 1. The summed E-state index contributed by atoms with van der Waals surface area (Å²) in [6.07, 6.45) is 0. The fourth-order valence-corrected chi connectivity index (χ4v) is 3.42. The highest BCUT2D eigenvalue weighted by Crippen LogP contribution is 2.47. The van der Waals surface area contributed by atoms with Crippen LogP contribution in [0.4, 0.5) is 0 Å². The molecule has 0 aliphatic heterocycles. The second-order valence-electron chi connectivity index (χ2n) is 6.61. The summed E-state index contributed by atoms with van der Waals surface area (Å²) in [5.41, 5.74) is 2.09. The van der Waals surface area contributed by atoms with Gasteiger partial charge in [-0.3, -0.25) is 0 Å². The van der Waals surface area contributed by atoms with E-state index in [1.54, 1.807) is 0 Å². The predicted octanol–water partition coefficient (Wildman–Crippen LogP) is 6.70. The van der Waals surface area contributed by atoms with Gasteiger partial charge in [0.25, 0.3) is 0 Å². The average Bonchev–Trinajstić information content (AvgIpc) is 2.90. The van der Waals surface area contributed by atoms with Gasteiger partial charge in [-0.05, 0) is 35.2 Å². The topological polar surface area (TPSA) is 50.0 Å². The zero-order valence-electron chi connectivity index (χ0n) is 15.7. The standard InChI is InChI=1S/C26H18O2.H2O/c1-3-11-20-18-25(27-21-13-4-2-5-14-21)26(23(20)16-6-1)28-24-17-9-12-19-10-7-8-15-22(19)24;/h1-18H;1H2. The minimum Gasteiger partial charge on any atom is -0.453 e. The van der Waals surface area contributed by atoms with Crippen molar-refractivity contribution in [3.8, 4) is 34.1 Å². The molecule has 29 heavy (non-hydrogen) atoms. The summed E-state index contributed by atoms with van der Waals surface area (Å²) in [5.74, 6) is 3.03. The van der Waals surface area contributed by atoms with Crippen LogP contribution in [0.15, 0.2) is 109 Å². The van der Waals surface area contributed by atoms with Crippen LogP contribution < -0.4 is 9.47 Å². The second-order valence-corrected chi connectivity index (χ2v) is 6.61. The molecule has 0 atom stereocenters. The van der Waals surface area contributed by atoms with Crippen molar-refractivity contribution in [1.29, 1.82) is 0 Å². The molecule has 0 saturated heterocycles. The molecule has 0 heterocycles. The van der Waals surface area contributed by atoms with Gasteiger partial charge in [-0.25, -0.2) is 0 Å². The second kappa shape index (κ2) is 8.05. The molecule has 0 saturated carbocycles. The Hall–Kier alpha value is -3.82. The molecule has 5 rings (SSSR count). The molecule has 0 fully saturated rings. The van der Waals surface area contributed by atoms with Crippen LogP contribution in [-0.4, -0.2) is 5.48 Å². The van der Waals surface area contributed by atoms with E-state index in [0.717, 1.165) is 39.1 Å². The normalized spacial score (nSPS) is 10.5. The Morgan fingerprint density at radius 1 is 0.517 bits per heavy atom. The van der Waals surface area contributed by atoms with Crippen LogP contribution in [0.3, 0.4) is 0 Å². The van der Waals surface area contributed by atoms with Gasteiger partial charge in [0, 0.05) is 10.9 Å². The molecule has 0 aromatic heterocycles. The van der Waals surface area contributed by atoms with Gasteiger partial charge in [-0.2, -0.15) is 0 Å². The minimum absolute atomic E-state index is 0. The van der Waals surface area contributed by atoms with Crippen molar-refractivity contribution in [2.24, 2.45) is 0 Å². The molecule has 0 amide bonds. The van der Waals surface area contributed by atoms with E-state index in [1.807, 2.05) is 78.9 Å². The zero-order chi connectivity index (χ0) is 18.8. The third-order valence-electron chi connectivity index (χ3n) is 4.76. The van der Waals surface area contributed by atoms with Crippen molar-refractivity contribution < 1.29 is 14.9 Å². The molecule has 3 aromatic carbocycles. The Morgan fingerprint density at radius 2 is 1.21 bits per heavy atom. The first-order valence-electron chi connectivity index (χ1n) is 9.29. The fourth-order valence-electron chi connectivity index (χ4n) is 3.42. The lowest BCUT2D eigenvalue weighted by Crippen LogP contribution is -1.89. The van der Waals surface area contributed by atoms with Crippen molar-refractivity contribution in [3.05, 3.63) is 109 Å². The highest BCUT2D eigenvalue weighted by atomic mass is 16.5. The van der Waals surface area contributed by atoms with Crippen molar-refractivity contribution in [2.75, 3.05) is 0 Å². The van der Waals surface area contributed by atoms with E-state index in [4.69, 9.17) is 9.47 Å². The number of benzene rings is 3. The van der Waals surface area contributed by atoms with Crippen LogP contribution in [0.5, 0.6) is 23.0 Å². The molecule has 0 spiro atoms. The summed E-state index contributed by atoms with van der Waals surface area (Å²) < 4.78 is 12.6. The van der Waals surface area contributed by atoms with Crippen LogP contribution >= 0.6 is 0 Å². The maximum Gasteiger partial charge on any atom is 0.177 e. The number of hydrogen-bond acceptors (Lipinski definition) is 2. The highest BCUT2D eigenvalue weighted by Gasteiger charge is 2.20. The lowest BCUT2D eigenvalue weighted by Gasteiger charge is -2.12. The van der Waals surface area contributed by atoms with Crippen molar-refractivity contribution in [2.45, 2.75) is 0 Å². The highest BCUT2D eigenvalue weighted by molar-refractivity contribution is 5.89. The van der Waals surface area contributed by atoms with Gasteiger partial charge in [-0.1, -0.05) is 84.9 Å². The summed E-state index contributed by atoms with van der Waals surface area (Å²) in [6, 6.07) is 36.3. The van der Waals surface area contributed by atoms with Gasteiger partial charge in [0.05, 0.1) is 0 Å². The number of ether oxygens (including phenoxy) is 2. The molecule has 0 unspecified atom stereocenters. The molecule has 3 heteroatoms. The van der Waals surface area contributed by atoms with E-state index in [9.17, 15) is 0 Å². The lowest BCUT2D eigenvalue weighted by atomic mass is 10.1. The first kappa shape index (κ1) is 18.5. The molecular formula is C26H20O3. The maximum absolute atomic E-state index is 6.46. The minimum atomic E-state index is 0. The van der Waals surface area contributed by atoms with Crippen LogP contribution in [0.1, 0.15) is 0 Å². The van der Waals surface area contributed by atoms with Gasteiger partial charge in [0.1, 0.15) is 11.5 Å². The third-order valence-corrected chi connectivity index (χ3v) is 4.76. The van der Waals surface area contributed by atoms with Crippen molar-refractivity contribution >= 4 is 10.8 Å². The molecule has 3 aromatic rings. The van der Waals surface area contributed by atoms with E-state index in [-0.39, 0.29) is 5.48 Å². The van der Waals surface area contributed by atoms with Gasteiger partial charge in [0.15, 0.2) is 11.5 Å². The fraction of sp³-hybridized carbons (Fsp3) is 0. The first-order valence-corrected chi connectivity index (χ1v) is 9.29. The number of rotatable bonds is 4. The lowest BCUT2D eigenvalue weighted by molar-refractivity contribution is 0.426. The molecule has 142 valence electrons. The molecule has 2 N–H and O–H groups in total. The smallest absolute Gasteiger partial charge is 0.177 e. The first-order chi connectivity index (χ1) is 13.9. The Balaban J connectivity index is 0.00000205. The van der Waals surface area contributed by atoms with E-state index in [1.165, 1.54) is 0 Å². The maximum atomic E-state index is 6.46.